The Kier molecular flexibility index (Phi) is 5.51. The van der Waals surface area contributed by atoms with Crippen molar-refractivity contribution >= 4 is 50.3 Å². The van der Waals surface area contributed by atoms with Crippen molar-refractivity contribution in [3.63, 3.8) is 0 Å². The molecule has 2 aromatic heterocycles. The van der Waals surface area contributed by atoms with E-state index in [0.717, 1.165) is 18.4 Å². The second kappa shape index (κ2) is 7.15. The van der Waals surface area contributed by atoms with Crippen LogP contribution in [0.1, 0.15) is 32.3 Å². The van der Waals surface area contributed by atoms with Crippen LogP contribution in [-0.4, -0.2) is 11.7 Å². The summed E-state index contributed by atoms with van der Waals surface area (Å²) in [6.45, 7) is 2.48. The van der Waals surface area contributed by atoms with Crippen molar-refractivity contribution in [2.45, 2.75) is 26.3 Å². The third-order valence-electron chi connectivity index (χ3n) is 2.68. The first kappa shape index (κ1) is 15.4. The Morgan fingerprint density at radius 2 is 1.95 bits per heavy atom. The number of thiophene rings is 2. The van der Waals surface area contributed by atoms with Crippen LogP contribution in [0.25, 0.3) is 0 Å². The minimum Gasteiger partial charge on any atom is -0.351 e. The third kappa shape index (κ3) is 4.54. The SMILES string of the molecule is Cc1ccc(C(=O)CCC(=O)NCc2ccc(Br)s2)s1. The molecule has 106 valence electrons. The smallest absolute Gasteiger partial charge is 0.220 e. The van der Waals surface area contributed by atoms with Crippen molar-refractivity contribution < 1.29 is 9.59 Å². The van der Waals surface area contributed by atoms with Crippen molar-refractivity contribution in [3.05, 3.63) is 42.7 Å². The van der Waals surface area contributed by atoms with Crippen LogP contribution in [0.15, 0.2) is 28.1 Å². The first-order valence-corrected chi connectivity index (χ1v) is 8.58. The number of hydrogen-bond donors (Lipinski definition) is 1. The van der Waals surface area contributed by atoms with Gasteiger partial charge in [-0.05, 0) is 47.1 Å². The standard InChI is InChI=1S/C14H14BrNO2S2/c1-9-2-5-12(19-9)11(17)4-7-14(18)16-8-10-3-6-13(15)20-10/h2-3,5-6H,4,7-8H2,1H3,(H,16,18). The van der Waals surface area contributed by atoms with Gasteiger partial charge in [-0.1, -0.05) is 0 Å². The van der Waals surface area contributed by atoms with Crippen molar-refractivity contribution in [1.82, 2.24) is 5.32 Å². The number of amides is 1. The van der Waals surface area contributed by atoms with Crippen molar-refractivity contribution in [2.24, 2.45) is 0 Å². The minimum absolute atomic E-state index is 0.0390. The predicted molar refractivity (Wildman–Crippen MR) is 86.5 cm³/mol. The molecule has 3 nitrogen and oxygen atoms in total. The minimum atomic E-state index is -0.0869. The Bertz CT molecular complexity index is 618. The summed E-state index contributed by atoms with van der Waals surface area (Å²) in [4.78, 5) is 26.5. The average molecular weight is 372 g/mol. The van der Waals surface area contributed by atoms with Gasteiger partial charge in [0.05, 0.1) is 15.2 Å². The fourth-order valence-electron chi connectivity index (χ4n) is 1.66. The number of nitrogens with one attached hydrogen (secondary N) is 1. The molecular weight excluding hydrogens is 358 g/mol. The van der Waals surface area contributed by atoms with Gasteiger partial charge in [0.2, 0.25) is 5.91 Å². The van der Waals surface area contributed by atoms with E-state index in [4.69, 9.17) is 0 Å². The van der Waals surface area contributed by atoms with Crippen LogP contribution in [0.5, 0.6) is 0 Å². The van der Waals surface area contributed by atoms with E-state index < -0.39 is 0 Å². The molecule has 0 aliphatic rings. The Hall–Kier alpha value is -0.980. The summed E-state index contributed by atoms with van der Waals surface area (Å²) in [7, 11) is 0. The first-order valence-electron chi connectivity index (χ1n) is 6.15. The van der Waals surface area contributed by atoms with E-state index in [1.54, 1.807) is 11.3 Å². The van der Waals surface area contributed by atoms with Crippen LogP contribution in [0.3, 0.4) is 0 Å². The van der Waals surface area contributed by atoms with Crippen LogP contribution in [0.4, 0.5) is 0 Å². The lowest BCUT2D eigenvalue weighted by molar-refractivity contribution is -0.121. The summed E-state index contributed by atoms with van der Waals surface area (Å²) in [6, 6.07) is 7.67. The molecule has 2 heterocycles. The van der Waals surface area contributed by atoms with E-state index in [1.165, 1.54) is 11.3 Å². The molecule has 0 bridgehead atoms. The molecule has 0 atom stereocenters. The topological polar surface area (TPSA) is 46.2 Å². The van der Waals surface area contributed by atoms with Gasteiger partial charge in [0, 0.05) is 22.6 Å². The maximum absolute atomic E-state index is 11.9. The lowest BCUT2D eigenvalue weighted by Crippen LogP contribution is -2.22. The molecule has 1 amide bonds. The van der Waals surface area contributed by atoms with Gasteiger partial charge in [0.1, 0.15) is 0 Å². The molecule has 20 heavy (non-hydrogen) atoms. The van der Waals surface area contributed by atoms with Gasteiger partial charge in [-0.3, -0.25) is 9.59 Å². The molecule has 0 aliphatic carbocycles. The highest BCUT2D eigenvalue weighted by molar-refractivity contribution is 9.11. The normalized spacial score (nSPS) is 10.5. The van der Waals surface area contributed by atoms with Gasteiger partial charge >= 0.3 is 0 Å². The highest BCUT2D eigenvalue weighted by Gasteiger charge is 2.11. The Morgan fingerprint density at radius 1 is 1.15 bits per heavy atom. The van der Waals surface area contributed by atoms with Crippen molar-refractivity contribution in [3.8, 4) is 0 Å². The molecule has 0 saturated heterocycles. The van der Waals surface area contributed by atoms with Crippen LogP contribution in [-0.2, 0) is 11.3 Å². The number of hydrogen-bond acceptors (Lipinski definition) is 4. The summed E-state index contributed by atoms with van der Waals surface area (Å²) in [5, 5.41) is 2.83. The van der Waals surface area contributed by atoms with Gasteiger partial charge in [0.15, 0.2) is 5.78 Å². The van der Waals surface area contributed by atoms with E-state index in [0.29, 0.717) is 6.54 Å². The molecule has 0 aliphatic heterocycles. The zero-order valence-electron chi connectivity index (χ0n) is 10.9. The molecule has 6 heteroatoms. The molecule has 0 radical (unpaired) electrons. The largest absolute Gasteiger partial charge is 0.351 e. The lowest BCUT2D eigenvalue weighted by Gasteiger charge is -2.02. The van der Waals surface area contributed by atoms with E-state index in [2.05, 4.69) is 21.2 Å². The number of ketones is 1. The zero-order valence-corrected chi connectivity index (χ0v) is 14.2. The lowest BCUT2D eigenvalue weighted by atomic mass is 10.2. The average Bonchev–Trinajstić information content (AvgIpc) is 3.02. The summed E-state index contributed by atoms with van der Waals surface area (Å²) < 4.78 is 1.05. The molecule has 0 fully saturated rings. The summed E-state index contributed by atoms with van der Waals surface area (Å²) in [6.07, 6.45) is 0.502. The van der Waals surface area contributed by atoms with Crippen LogP contribution >= 0.6 is 38.6 Å². The monoisotopic (exact) mass is 371 g/mol. The number of rotatable bonds is 6. The first-order chi connectivity index (χ1) is 9.54. The molecule has 2 aromatic rings. The second-order valence-electron chi connectivity index (χ2n) is 4.32. The Balaban J connectivity index is 1.73. The Morgan fingerprint density at radius 3 is 2.55 bits per heavy atom. The van der Waals surface area contributed by atoms with Crippen molar-refractivity contribution in [1.29, 1.82) is 0 Å². The maximum Gasteiger partial charge on any atom is 0.220 e. The van der Waals surface area contributed by atoms with E-state index >= 15 is 0 Å². The van der Waals surface area contributed by atoms with Crippen LogP contribution < -0.4 is 5.32 Å². The highest BCUT2D eigenvalue weighted by Crippen LogP contribution is 2.22. The van der Waals surface area contributed by atoms with Gasteiger partial charge in [0.25, 0.3) is 0 Å². The number of halogens is 1. The van der Waals surface area contributed by atoms with Crippen molar-refractivity contribution in [2.75, 3.05) is 0 Å². The van der Waals surface area contributed by atoms with Gasteiger partial charge in [-0.2, -0.15) is 0 Å². The molecule has 0 saturated carbocycles. The molecular formula is C14H14BrNO2S2. The molecule has 1 N–H and O–H groups in total. The molecule has 0 aromatic carbocycles. The quantitative estimate of drug-likeness (QED) is 0.774. The fourth-order valence-corrected chi connectivity index (χ4v) is 3.91. The summed E-state index contributed by atoms with van der Waals surface area (Å²) in [5.74, 6) is -0.0479. The number of carbonyl (C=O) groups excluding carboxylic acids is 2. The van der Waals surface area contributed by atoms with Gasteiger partial charge in [-0.25, -0.2) is 0 Å². The number of carbonyl (C=O) groups is 2. The third-order valence-corrected chi connectivity index (χ3v) is 5.35. The number of aryl methyl sites for hydroxylation is 1. The van der Waals surface area contributed by atoms with Crippen LogP contribution in [0.2, 0.25) is 0 Å². The summed E-state index contributed by atoms with van der Waals surface area (Å²) >= 11 is 6.45. The fraction of sp³-hybridized carbons (Fsp3) is 0.286. The highest BCUT2D eigenvalue weighted by atomic mass is 79.9. The van der Waals surface area contributed by atoms with Crippen LogP contribution in [0, 0.1) is 6.92 Å². The van der Waals surface area contributed by atoms with Gasteiger partial charge in [-0.15, -0.1) is 22.7 Å². The number of Topliss-reactive ketones (excluding diaryl/α,β-unsaturated/α-hetero) is 1. The second-order valence-corrected chi connectivity index (χ2v) is 8.15. The van der Waals surface area contributed by atoms with E-state index in [1.807, 2.05) is 31.2 Å². The molecule has 0 spiro atoms. The van der Waals surface area contributed by atoms with E-state index in [9.17, 15) is 9.59 Å². The molecule has 0 unspecified atom stereocenters. The maximum atomic E-state index is 11.9. The Labute approximate surface area is 134 Å². The zero-order chi connectivity index (χ0) is 14.5. The molecule has 2 rings (SSSR count). The summed E-state index contributed by atoms with van der Waals surface area (Å²) in [5.41, 5.74) is 0. The van der Waals surface area contributed by atoms with Gasteiger partial charge < -0.3 is 5.32 Å². The van der Waals surface area contributed by atoms with E-state index in [-0.39, 0.29) is 24.5 Å². The predicted octanol–water partition coefficient (Wildman–Crippen LogP) is 4.16.